The monoisotopic (exact) mass is 261 g/mol. The quantitative estimate of drug-likeness (QED) is 0.833. The minimum absolute atomic E-state index is 0.0187. The van der Waals surface area contributed by atoms with Crippen molar-refractivity contribution in [2.75, 3.05) is 32.4 Å². The summed E-state index contributed by atoms with van der Waals surface area (Å²) in [6.07, 6.45) is 2.11. The Hall–Kier alpha value is -1.55. The molecule has 0 unspecified atom stereocenters. The van der Waals surface area contributed by atoms with Crippen LogP contribution >= 0.6 is 0 Å². The first kappa shape index (κ1) is 13.9. The standard InChI is InChI=1S/C15H23N3O/c1-12-15(19)17(2)10-11-18(12)9-3-4-13-5-7-14(16)8-6-13/h5-8,12H,3-4,9-11,16H2,1-2H3/t12-/m1/s1. The van der Waals surface area contributed by atoms with Gasteiger partial charge in [-0.1, -0.05) is 12.1 Å². The second-order valence-corrected chi connectivity index (χ2v) is 5.32. The molecule has 4 nitrogen and oxygen atoms in total. The van der Waals surface area contributed by atoms with E-state index in [1.54, 1.807) is 0 Å². The number of hydrogen-bond acceptors (Lipinski definition) is 3. The second-order valence-electron chi connectivity index (χ2n) is 5.32. The van der Waals surface area contributed by atoms with Crippen LogP contribution in [0.2, 0.25) is 0 Å². The molecule has 1 fully saturated rings. The Labute approximate surface area is 115 Å². The van der Waals surface area contributed by atoms with E-state index in [0.29, 0.717) is 0 Å². The molecule has 2 rings (SSSR count). The molecule has 2 N–H and O–H groups in total. The van der Waals surface area contributed by atoms with Crippen LogP contribution in [0.1, 0.15) is 18.9 Å². The number of nitrogens with two attached hydrogens (primary N) is 1. The first-order valence-electron chi connectivity index (χ1n) is 6.91. The van der Waals surface area contributed by atoms with Gasteiger partial charge in [-0.3, -0.25) is 9.69 Å². The summed E-state index contributed by atoms with van der Waals surface area (Å²) in [7, 11) is 1.88. The van der Waals surface area contributed by atoms with Crippen molar-refractivity contribution in [3.63, 3.8) is 0 Å². The number of aryl methyl sites for hydroxylation is 1. The highest BCUT2D eigenvalue weighted by Crippen LogP contribution is 2.12. The average Bonchev–Trinajstić information content (AvgIpc) is 2.41. The van der Waals surface area contributed by atoms with Gasteiger partial charge in [0.2, 0.25) is 5.91 Å². The van der Waals surface area contributed by atoms with Crippen molar-refractivity contribution in [3.05, 3.63) is 29.8 Å². The Morgan fingerprint density at radius 2 is 1.95 bits per heavy atom. The number of rotatable bonds is 4. The normalized spacial score (nSPS) is 20.8. The Balaban J connectivity index is 1.79. The number of carbonyl (C=O) groups excluding carboxylic acids is 1. The molecule has 0 aromatic heterocycles. The zero-order valence-electron chi connectivity index (χ0n) is 11.8. The fourth-order valence-corrected chi connectivity index (χ4v) is 2.53. The van der Waals surface area contributed by atoms with Gasteiger partial charge < -0.3 is 10.6 Å². The molecule has 1 saturated heterocycles. The SMILES string of the molecule is C[C@@H]1C(=O)N(C)CCN1CCCc1ccc(N)cc1. The van der Waals surface area contributed by atoms with E-state index >= 15 is 0 Å². The molecule has 1 aromatic carbocycles. The topological polar surface area (TPSA) is 49.6 Å². The van der Waals surface area contributed by atoms with Gasteiger partial charge >= 0.3 is 0 Å². The van der Waals surface area contributed by atoms with Crippen LogP contribution in [0.4, 0.5) is 5.69 Å². The third-order valence-corrected chi connectivity index (χ3v) is 3.89. The van der Waals surface area contributed by atoms with Gasteiger partial charge in [-0.05, 0) is 44.0 Å². The molecule has 1 aliphatic rings. The van der Waals surface area contributed by atoms with Gasteiger partial charge in [0.25, 0.3) is 0 Å². The van der Waals surface area contributed by atoms with Gasteiger partial charge in [-0.15, -0.1) is 0 Å². The van der Waals surface area contributed by atoms with Gasteiger partial charge in [0.1, 0.15) is 0 Å². The summed E-state index contributed by atoms with van der Waals surface area (Å²) in [5.74, 6) is 0.235. The highest BCUT2D eigenvalue weighted by molar-refractivity contribution is 5.81. The maximum Gasteiger partial charge on any atom is 0.239 e. The molecule has 0 spiro atoms. The Morgan fingerprint density at radius 3 is 2.63 bits per heavy atom. The number of amides is 1. The molecule has 0 saturated carbocycles. The lowest BCUT2D eigenvalue weighted by Gasteiger charge is -2.37. The van der Waals surface area contributed by atoms with E-state index in [4.69, 9.17) is 5.73 Å². The summed E-state index contributed by atoms with van der Waals surface area (Å²) in [6.45, 7) is 4.79. The van der Waals surface area contributed by atoms with Crippen molar-refractivity contribution in [3.8, 4) is 0 Å². The number of nitrogens with zero attached hydrogens (tertiary/aromatic N) is 2. The van der Waals surface area contributed by atoms with Crippen LogP contribution in [0.3, 0.4) is 0 Å². The number of hydrogen-bond donors (Lipinski definition) is 1. The zero-order chi connectivity index (χ0) is 13.8. The van der Waals surface area contributed by atoms with Crippen LogP contribution in [0.5, 0.6) is 0 Å². The zero-order valence-corrected chi connectivity index (χ0v) is 11.8. The number of piperazine rings is 1. The van der Waals surface area contributed by atoms with E-state index in [0.717, 1.165) is 38.2 Å². The number of likely N-dealkylation sites (N-methyl/N-ethyl adjacent to an activating group) is 1. The third-order valence-electron chi connectivity index (χ3n) is 3.89. The molecule has 0 bridgehead atoms. The molecule has 4 heteroatoms. The highest BCUT2D eigenvalue weighted by Gasteiger charge is 2.28. The number of anilines is 1. The van der Waals surface area contributed by atoms with Crippen LogP contribution in [0.25, 0.3) is 0 Å². The Kier molecular flexibility index (Phi) is 4.43. The smallest absolute Gasteiger partial charge is 0.239 e. The largest absolute Gasteiger partial charge is 0.399 e. The Bertz CT molecular complexity index is 430. The number of carbonyl (C=O) groups is 1. The van der Waals surface area contributed by atoms with Crippen molar-refractivity contribution in [1.82, 2.24) is 9.80 Å². The fraction of sp³-hybridized carbons (Fsp3) is 0.533. The van der Waals surface area contributed by atoms with E-state index in [1.165, 1.54) is 5.56 Å². The van der Waals surface area contributed by atoms with E-state index in [2.05, 4.69) is 17.0 Å². The summed E-state index contributed by atoms with van der Waals surface area (Å²) < 4.78 is 0. The molecule has 1 amide bonds. The maximum atomic E-state index is 11.9. The lowest BCUT2D eigenvalue weighted by Crippen LogP contribution is -2.54. The first-order chi connectivity index (χ1) is 9.08. The van der Waals surface area contributed by atoms with Gasteiger partial charge in [0, 0.05) is 25.8 Å². The fourth-order valence-electron chi connectivity index (χ4n) is 2.53. The summed E-state index contributed by atoms with van der Waals surface area (Å²) in [6, 6.07) is 8.06. The van der Waals surface area contributed by atoms with Crippen LogP contribution in [-0.2, 0) is 11.2 Å². The van der Waals surface area contributed by atoms with Crippen LogP contribution in [-0.4, -0.2) is 48.4 Å². The summed E-state index contributed by atoms with van der Waals surface area (Å²) in [5.41, 5.74) is 7.78. The van der Waals surface area contributed by atoms with Crippen molar-refractivity contribution < 1.29 is 4.79 Å². The minimum atomic E-state index is 0.0187. The summed E-state index contributed by atoms with van der Waals surface area (Å²) >= 11 is 0. The molecular weight excluding hydrogens is 238 g/mol. The van der Waals surface area contributed by atoms with Crippen molar-refractivity contribution in [1.29, 1.82) is 0 Å². The number of nitrogen functional groups attached to an aromatic ring is 1. The van der Waals surface area contributed by atoms with Gasteiger partial charge in [0.15, 0.2) is 0 Å². The maximum absolute atomic E-state index is 11.9. The van der Waals surface area contributed by atoms with Gasteiger partial charge in [-0.25, -0.2) is 0 Å². The molecule has 0 radical (unpaired) electrons. The molecule has 0 aliphatic carbocycles. The molecule has 1 aromatic rings. The van der Waals surface area contributed by atoms with E-state index in [9.17, 15) is 4.79 Å². The lowest BCUT2D eigenvalue weighted by molar-refractivity contribution is -0.139. The Morgan fingerprint density at radius 1 is 1.26 bits per heavy atom. The van der Waals surface area contributed by atoms with Crippen LogP contribution in [0.15, 0.2) is 24.3 Å². The molecule has 1 aliphatic heterocycles. The summed E-state index contributed by atoms with van der Waals surface area (Å²) in [4.78, 5) is 16.0. The predicted octanol–water partition coefficient (Wildman–Crippen LogP) is 1.36. The molecule has 1 heterocycles. The van der Waals surface area contributed by atoms with E-state index in [-0.39, 0.29) is 11.9 Å². The third kappa shape index (κ3) is 3.47. The van der Waals surface area contributed by atoms with Gasteiger partial charge in [0.05, 0.1) is 6.04 Å². The van der Waals surface area contributed by atoms with Crippen LogP contribution < -0.4 is 5.73 Å². The minimum Gasteiger partial charge on any atom is -0.399 e. The molecular formula is C15H23N3O. The molecule has 104 valence electrons. The van der Waals surface area contributed by atoms with Crippen molar-refractivity contribution >= 4 is 11.6 Å². The summed E-state index contributed by atoms with van der Waals surface area (Å²) in [5, 5.41) is 0. The van der Waals surface area contributed by atoms with Crippen molar-refractivity contribution in [2.24, 2.45) is 0 Å². The molecule has 19 heavy (non-hydrogen) atoms. The van der Waals surface area contributed by atoms with Gasteiger partial charge in [-0.2, -0.15) is 0 Å². The van der Waals surface area contributed by atoms with Crippen LogP contribution in [0, 0.1) is 0 Å². The highest BCUT2D eigenvalue weighted by atomic mass is 16.2. The number of benzene rings is 1. The van der Waals surface area contributed by atoms with E-state index in [1.807, 2.05) is 31.0 Å². The first-order valence-corrected chi connectivity index (χ1v) is 6.91. The molecule has 1 atom stereocenters. The lowest BCUT2D eigenvalue weighted by atomic mass is 10.1. The second kappa shape index (κ2) is 6.06. The van der Waals surface area contributed by atoms with Crippen molar-refractivity contribution in [2.45, 2.75) is 25.8 Å². The van der Waals surface area contributed by atoms with E-state index < -0.39 is 0 Å². The average molecular weight is 261 g/mol. The predicted molar refractivity (Wildman–Crippen MR) is 77.8 cm³/mol.